The number of thiazole rings is 1. The number of nitrogens with one attached hydrogen (secondary N) is 1. The first-order valence-electron chi connectivity index (χ1n) is 10.6. The highest BCUT2D eigenvalue weighted by atomic mass is 32.1. The molecule has 3 aromatic heterocycles. The monoisotopic (exact) mass is 426 g/mol. The summed E-state index contributed by atoms with van der Waals surface area (Å²) in [6.45, 7) is 5.77. The van der Waals surface area contributed by atoms with Gasteiger partial charge in [0.1, 0.15) is 11.1 Å². The molecule has 2 fully saturated rings. The van der Waals surface area contributed by atoms with Crippen LogP contribution in [-0.4, -0.2) is 63.3 Å². The molecule has 0 bridgehead atoms. The zero-order valence-electron chi connectivity index (χ0n) is 17.1. The lowest BCUT2D eigenvalue weighted by Crippen LogP contribution is -2.46. The van der Waals surface area contributed by atoms with Crippen LogP contribution in [0.5, 0.6) is 5.88 Å². The average Bonchev–Trinajstić information content (AvgIpc) is 3.19. The van der Waals surface area contributed by atoms with Gasteiger partial charge in [0.2, 0.25) is 11.8 Å². The van der Waals surface area contributed by atoms with Crippen LogP contribution in [0.15, 0.2) is 24.5 Å². The van der Waals surface area contributed by atoms with E-state index in [9.17, 15) is 0 Å². The molecule has 0 amide bonds. The van der Waals surface area contributed by atoms with Gasteiger partial charge in [0.15, 0.2) is 5.52 Å². The highest BCUT2D eigenvalue weighted by molar-refractivity contribution is 7.15. The zero-order valence-corrected chi connectivity index (χ0v) is 17.9. The predicted octanol–water partition coefficient (Wildman–Crippen LogP) is 3.56. The summed E-state index contributed by atoms with van der Waals surface area (Å²) in [5.41, 5.74) is 1.48. The van der Waals surface area contributed by atoms with Gasteiger partial charge in [-0.05, 0) is 44.7 Å². The van der Waals surface area contributed by atoms with E-state index >= 15 is 0 Å². The Morgan fingerprint density at radius 1 is 1.13 bits per heavy atom. The van der Waals surface area contributed by atoms with Gasteiger partial charge in [0.05, 0.1) is 29.9 Å². The number of morpholine rings is 1. The lowest BCUT2D eigenvalue weighted by atomic mass is 9.91. The molecular weight excluding hydrogens is 400 g/mol. The molecule has 1 aliphatic heterocycles. The van der Waals surface area contributed by atoms with Gasteiger partial charge in [0.25, 0.3) is 0 Å². The maximum absolute atomic E-state index is 6.38. The molecule has 1 saturated heterocycles. The Morgan fingerprint density at radius 2 is 1.97 bits per heavy atom. The van der Waals surface area contributed by atoms with Gasteiger partial charge >= 0.3 is 0 Å². The van der Waals surface area contributed by atoms with Gasteiger partial charge < -0.3 is 14.8 Å². The van der Waals surface area contributed by atoms with Crippen molar-refractivity contribution in [3.8, 4) is 5.88 Å². The molecular formula is C21H26N6O2S. The van der Waals surface area contributed by atoms with Crippen LogP contribution in [0.25, 0.3) is 11.0 Å². The van der Waals surface area contributed by atoms with Crippen molar-refractivity contribution in [2.75, 3.05) is 31.6 Å². The second kappa shape index (κ2) is 8.79. The Labute approximate surface area is 179 Å². The van der Waals surface area contributed by atoms with Crippen LogP contribution in [0.3, 0.4) is 0 Å². The largest absolute Gasteiger partial charge is 0.473 e. The fraction of sp³-hybridized carbons (Fsp3) is 0.524. The minimum Gasteiger partial charge on any atom is -0.473 e. The van der Waals surface area contributed by atoms with Crippen molar-refractivity contribution in [2.24, 2.45) is 0 Å². The third-order valence-electron chi connectivity index (χ3n) is 5.76. The second-order valence-corrected chi connectivity index (χ2v) is 9.02. The van der Waals surface area contributed by atoms with Crippen molar-refractivity contribution >= 4 is 33.3 Å². The van der Waals surface area contributed by atoms with Gasteiger partial charge in [-0.25, -0.2) is 15.0 Å². The minimum absolute atomic E-state index is 0.154. The van der Waals surface area contributed by atoms with E-state index in [1.54, 1.807) is 23.7 Å². The van der Waals surface area contributed by atoms with Crippen molar-refractivity contribution in [3.63, 3.8) is 0 Å². The van der Waals surface area contributed by atoms with E-state index in [4.69, 9.17) is 9.47 Å². The van der Waals surface area contributed by atoms with Crippen molar-refractivity contribution in [3.05, 3.63) is 29.5 Å². The summed E-state index contributed by atoms with van der Waals surface area (Å²) < 4.78 is 11.9. The highest BCUT2D eigenvalue weighted by Crippen LogP contribution is 2.30. The lowest BCUT2D eigenvalue weighted by molar-refractivity contribution is -0.00126. The number of nitrogens with zero attached hydrogens (tertiary/aromatic N) is 5. The van der Waals surface area contributed by atoms with Crippen molar-refractivity contribution in [1.29, 1.82) is 0 Å². The third-order valence-corrected chi connectivity index (χ3v) is 6.59. The molecule has 1 N–H and O–H groups in total. The molecule has 0 radical (unpaired) electrons. The number of ether oxygens (including phenoxy) is 2. The number of hydrogen-bond acceptors (Lipinski definition) is 9. The third kappa shape index (κ3) is 4.38. The van der Waals surface area contributed by atoms with Crippen LogP contribution >= 0.6 is 11.3 Å². The Morgan fingerprint density at radius 3 is 2.73 bits per heavy atom. The fourth-order valence-electron chi connectivity index (χ4n) is 4.24. The lowest BCUT2D eigenvalue weighted by Gasteiger charge is -2.38. The molecule has 5 rings (SSSR count). The summed E-state index contributed by atoms with van der Waals surface area (Å²) in [6.07, 6.45) is 8.05. The van der Waals surface area contributed by atoms with E-state index in [1.807, 2.05) is 19.1 Å². The Balaban J connectivity index is 1.31. The van der Waals surface area contributed by atoms with Gasteiger partial charge in [-0.15, -0.1) is 11.3 Å². The van der Waals surface area contributed by atoms with Crippen LogP contribution in [0, 0.1) is 6.92 Å². The van der Waals surface area contributed by atoms with Crippen LogP contribution in [0.2, 0.25) is 0 Å². The molecule has 0 spiro atoms. The first kappa shape index (κ1) is 19.6. The first-order chi connectivity index (χ1) is 14.7. The Bertz CT molecular complexity index is 998. The summed E-state index contributed by atoms with van der Waals surface area (Å²) in [6, 6.07) is 4.46. The van der Waals surface area contributed by atoms with E-state index in [0.717, 1.165) is 67.5 Å². The number of anilines is 2. The number of rotatable bonds is 5. The number of pyridine rings is 1. The molecule has 0 atom stereocenters. The SMILES string of the molecule is Cc1ncc(Nc2nc(OC3CCC(N4CCOCC4)CC3)c3ncccc3n2)s1. The molecule has 158 valence electrons. The van der Waals surface area contributed by atoms with Crippen LogP contribution in [0.1, 0.15) is 30.7 Å². The maximum atomic E-state index is 6.38. The van der Waals surface area contributed by atoms with E-state index in [1.165, 1.54) is 0 Å². The quantitative estimate of drug-likeness (QED) is 0.663. The van der Waals surface area contributed by atoms with Crippen LogP contribution in [-0.2, 0) is 4.74 Å². The summed E-state index contributed by atoms with van der Waals surface area (Å²) >= 11 is 1.57. The zero-order chi connectivity index (χ0) is 20.3. The molecule has 0 unspecified atom stereocenters. The number of aryl methyl sites for hydroxylation is 1. The number of fused-ring (bicyclic) bond motifs is 1. The molecule has 8 nitrogen and oxygen atoms in total. The molecule has 3 aromatic rings. The predicted molar refractivity (Wildman–Crippen MR) is 117 cm³/mol. The number of hydrogen-bond donors (Lipinski definition) is 1. The molecule has 9 heteroatoms. The standard InChI is InChI=1S/C21H26N6O2S/c1-14-23-13-18(30-14)25-21-24-17-3-2-8-22-19(17)20(26-21)29-16-6-4-15(5-7-16)27-9-11-28-12-10-27/h2-3,8,13,15-16H,4-7,9-12H2,1H3,(H,24,25,26). The fourth-order valence-corrected chi connectivity index (χ4v) is 4.91. The number of aromatic nitrogens is 4. The maximum Gasteiger partial charge on any atom is 0.245 e. The van der Waals surface area contributed by atoms with Crippen LogP contribution < -0.4 is 10.1 Å². The normalized spacial score (nSPS) is 22.8. The van der Waals surface area contributed by atoms with E-state index in [0.29, 0.717) is 23.4 Å². The molecule has 1 saturated carbocycles. The molecule has 1 aliphatic carbocycles. The highest BCUT2D eigenvalue weighted by Gasteiger charge is 2.28. The van der Waals surface area contributed by atoms with E-state index < -0.39 is 0 Å². The van der Waals surface area contributed by atoms with Gasteiger partial charge in [-0.3, -0.25) is 4.90 Å². The van der Waals surface area contributed by atoms with Crippen molar-refractivity contribution in [2.45, 2.75) is 44.8 Å². The minimum atomic E-state index is 0.154. The first-order valence-corrected chi connectivity index (χ1v) is 11.4. The van der Waals surface area contributed by atoms with Gasteiger partial charge in [0, 0.05) is 25.3 Å². The Hall–Kier alpha value is -2.36. The molecule has 2 aliphatic rings. The summed E-state index contributed by atoms with van der Waals surface area (Å²) in [7, 11) is 0. The van der Waals surface area contributed by atoms with E-state index in [2.05, 4.69) is 30.2 Å². The Kier molecular flexibility index (Phi) is 5.74. The summed E-state index contributed by atoms with van der Waals surface area (Å²) in [5, 5.41) is 5.16. The van der Waals surface area contributed by atoms with Crippen LogP contribution in [0.4, 0.5) is 10.9 Å². The van der Waals surface area contributed by atoms with Gasteiger partial charge in [-0.2, -0.15) is 4.98 Å². The molecule has 4 heterocycles. The van der Waals surface area contributed by atoms with E-state index in [-0.39, 0.29) is 6.10 Å². The summed E-state index contributed by atoms with van der Waals surface area (Å²) in [4.78, 5) is 20.6. The molecule has 30 heavy (non-hydrogen) atoms. The van der Waals surface area contributed by atoms with Crippen molar-refractivity contribution in [1.82, 2.24) is 24.8 Å². The molecule has 0 aromatic carbocycles. The second-order valence-electron chi connectivity index (χ2n) is 7.79. The summed E-state index contributed by atoms with van der Waals surface area (Å²) in [5.74, 6) is 1.07. The van der Waals surface area contributed by atoms with Crippen molar-refractivity contribution < 1.29 is 9.47 Å². The topological polar surface area (TPSA) is 85.3 Å². The smallest absolute Gasteiger partial charge is 0.245 e. The average molecular weight is 427 g/mol. The van der Waals surface area contributed by atoms with Gasteiger partial charge in [-0.1, -0.05) is 0 Å².